The standard InChI is InChI=1S/C12H12N4O/c1-15-7-8(6-13-15)12-10-5-9(17)3-4-11(10)16(2)14-12/h3-7,17H,1-2H3. The summed E-state index contributed by atoms with van der Waals surface area (Å²) in [4.78, 5) is 0. The minimum atomic E-state index is 0.246. The van der Waals surface area contributed by atoms with Crippen molar-refractivity contribution in [3.63, 3.8) is 0 Å². The van der Waals surface area contributed by atoms with Crippen LogP contribution in [0.15, 0.2) is 30.6 Å². The zero-order valence-electron chi connectivity index (χ0n) is 9.62. The summed E-state index contributed by atoms with van der Waals surface area (Å²) in [6.07, 6.45) is 3.68. The van der Waals surface area contributed by atoms with Crippen molar-refractivity contribution in [1.82, 2.24) is 19.6 Å². The molecule has 0 amide bonds. The topological polar surface area (TPSA) is 55.9 Å². The number of rotatable bonds is 1. The molecule has 1 aromatic carbocycles. The highest BCUT2D eigenvalue weighted by molar-refractivity contribution is 5.93. The van der Waals surface area contributed by atoms with Crippen LogP contribution < -0.4 is 0 Å². The van der Waals surface area contributed by atoms with Crippen molar-refractivity contribution < 1.29 is 5.11 Å². The van der Waals surface area contributed by atoms with Gasteiger partial charge in [0.1, 0.15) is 11.4 Å². The fourth-order valence-electron chi connectivity index (χ4n) is 2.01. The van der Waals surface area contributed by atoms with E-state index in [1.807, 2.05) is 26.4 Å². The Balaban J connectivity index is 2.33. The van der Waals surface area contributed by atoms with Gasteiger partial charge in [0.25, 0.3) is 0 Å². The van der Waals surface area contributed by atoms with Crippen molar-refractivity contribution in [2.24, 2.45) is 14.1 Å². The summed E-state index contributed by atoms with van der Waals surface area (Å²) in [5, 5.41) is 19.1. The molecule has 0 saturated carbocycles. The molecule has 0 aliphatic rings. The lowest BCUT2D eigenvalue weighted by atomic mass is 10.1. The van der Waals surface area contributed by atoms with Crippen molar-refractivity contribution >= 4 is 10.9 Å². The molecule has 3 aromatic rings. The van der Waals surface area contributed by atoms with E-state index in [9.17, 15) is 5.11 Å². The molecule has 0 fully saturated rings. The molecule has 0 saturated heterocycles. The molecular formula is C12H12N4O. The lowest BCUT2D eigenvalue weighted by Crippen LogP contribution is -1.89. The maximum Gasteiger partial charge on any atom is 0.116 e. The molecule has 0 aliphatic heterocycles. The zero-order chi connectivity index (χ0) is 12.0. The molecule has 17 heavy (non-hydrogen) atoms. The Hall–Kier alpha value is -2.30. The maximum absolute atomic E-state index is 9.56. The number of aryl methyl sites for hydroxylation is 2. The smallest absolute Gasteiger partial charge is 0.116 e. The number of aromatic nitrogens is 4. The average molecular weight is 228 g/mol. The maximum atomic E-state index is 9.56. The molecule has 1 N–H and O–H groups in total. The van der Waals surface area contributed by atoms with E-state index in [1.165, 1.54) is 0 Å². The van der Waals surface area contributed by atoms with Crippen molar-refractivity contribution in [3.8, 4) is 17.0 Å². The molecule has 5 nitrogen and oxygen atoms in total. The molecule has 2 heterocycles. The summed E-state index contributed by atoms with van der Waals surface area (Å²) in [7, 11) is 3.76. The van der Waals surface area contributed by atoms with Crippen LogP contribution in [0.1, 0.15) is 0 Å². The minimum absolute atomic E-state index is 0.246. The van der Waals surface area contributed by atoms with E-state index in [2.05, 4.69) is 10.2 Å². The van der Waals surface area contributed by atoms with E-state index >= 15 is 0 Å². The van der Waals surface area contributed by atoms with Crippen LogP contribution in [0.2, 0.25) is 0 Å². The van der Waals surface area contributed by atoms with E-state index in [-0.39, 0.29) is 5.75 Å². The summed E-state index contributed by atoms with van der Waals surface area (Å²) in [6, 6.07) is 5.25. The molecule has 3 rings (SSSR count). The molecule has 0 spiro atoms. The molecule has 0 atom stereocenters. The first kappa shape index (κ1) is 9.89. The lowest BCUT2D eigenvalue weighted by molar-refractivity contribution is 0.476. The minimum Gasteiger partial charge on any atom is -0.508 e. The van der Waals surface area contributed by atoms with Gasteiger partial charge >= 0.3 is 0 Å². The highest BCUT2D eigenvalue weighted by Crippen LogP contribution is 2.29. The van der Waals surface area contributed by atoms with Gasteiger partial charge < -0.3 is 5.11 Å². The van der Waals surface area contributed by atoms with Gasteiger partial charge in [0.15, 0.2) is 0 Å². The van der Waals surface area contributed by atoms with Crippen LogP contribution in [-0.2, 0) is 14.1 Å². The van der Waals surface area contributed by atoms with Gasteiger partial charge in [-0.2, -0.15) is 10.2 Å². The number of fused-ring (bicyclic) bond motifs is 1. The Labute approximate surface area is 97.9 Å². The number of benzene rings is 1. The third kappa shape index (κ3) is 1.47. The molecule has 0 bridgehead atoms. The van der Waals surface area contributed by atoms with Crippen LogP contribution in [0.3, 0.4) is 0 Å². The fourth-order valence-corrected chi connectivity index (χ4v) is 2.01. The van der Waals surface area contributed by atoms with Crippen LogP contribution in [0, 0.1) is 0 Å². The van der Waals surface area contributed by atoms with Gasteiger partial charge in [0.2, 0.25) is 0 Å². The molecular weight excluding hydrogens is 216 g/mol. The molecule has 0 unspecified atom stereocenters. The summed E-state index contributed by atoms with van der Waals surface area (Å²) in [5.41, 5.74) is 2.77. The Morgan fingerprint density at radius 2 is 2.06 bits per heavy atom. The molecule has 0 aliphatic carbocycles. The van der Waals surface area contributed by atoms with E-state index in [1.54, 1.807) is 27.7 Å². The van der Waals surface area contributed by atoms with Crippen LogP contribution in [0.4, 0.5) is 0 Å². The largest absolute Gasteiger partial charge is 0.508 e. The first-order valence-corrected chi connectivity index (χ1v) is 5.30. The Morgan fingerprint density at radius 3 is 2.76 bits per heavy atom. The van der Waals surface area contributed by atoms with Crippen molar-refractivity contribution in [3.05, 3.63) is 30.6 Å². The van der Waals surface area contributed by atoms with Crippen molar-refractivity contribution in [1.29, 1.82) is 0 Å². The Morgan fingerprint density at radius 1 is 1.24 bits per heavy atom. The van der Waals surface area contributed by atoms with Gasteiger partial charge in [-0.05, 0) is 18.2 Å². The Bertz CT molecular complexity index is 696. The third-order valence-electron chi connectivity index (χ3n) is 2.81. The second-order valence-corrected chi connectivity index (χ2v) is 4.08. The number of hydrogen-bond donors (Lipinski definition) is 1. The van der Waals surface area contributed by atoms with Gasteiger partial charge in [-0.25, -0.2) is 0 Å². The number of aromatic hydroxyl groups is 1. The van der Waals surface area contributed by atoms with Crippen LogP contribution >= 0.6 is 0 Å². The second-order valence-electron chi connectivity index (χ2n) is 4.08. The number of hydrogen-bond acceptors (Lipinski definition) is 3. The molecule has 0 radical (unpaired) electrons. The predicted octanol–water partition coefficient (Wildman–Crippen LogP) is 1.68. The zero-order valence-corrected chi connectivity index (χ0v) is 9.62. The first-order valence-electron chi connectivity index (χ1n) is 5.30. The van der Waals surface area contributed by atoms with E-state index in [0.29, 0.717) is 0 Å². The van der Waals surface area contributed by atoms with E-state index < -0.39 is 0 Å². The van der Waals surface area contributed by atoms with Crippen LogP contribution in [-0.4, -0.2) is 24.7 Å². The molecule has 86 valence electrons. The third-order valence-corrected chi connectivity index (χ3v) is 2.81. The van der Waals surface area contributed by atoms with Crippen molar-refractivity contribution in [2.45, 2.75) is 0 Å². The summed E-state index contributed by atoms with van der Waals surface area (Å²) >= 11 is 0. The number of phenols is 1. The van der Waals surface area contributed by atoms with Gasteiger partial charge in [-0.1, -0.05) is 0 Å². The predicted molar refractivity (Wildman–Crippen MR) is 64.6 cm³/mol. The van der Waals surface area contributed by atoms with Gasteiger partial charge in [0.05, 0.1) is 11.7 Å². The quantitative estimate of drug-likeness (QED) is 0.689. The highest BCUT2D eigenvalue weighted by Gasteiger charge is 2.12. The van der Waals surface area contributed by atoms with Gasteiger partial charge in [0, 0.05) is 31.2 Å². The monoisotopic (exact) mass is 228 g/mol. The number of phenolic OH excluding ortho intramolecular Hbond substituents is 1. The Kier molecular flexibility index (Phi) is 1.95. The number of nitrogens with zero attached hydrogens (tertiary/aromatic N) is 4. The van der Waals surface area contributed by atoms with Crippen LogP contribution in [0.5, 0.6) is 5.75 Å². The SMILES string of the molecule is Cn1cc(-c2nn(C)c3ccc(O)cc23)cn1. The summed E-state index contributed by atoms with van der Waals surface area (Å²) < 4.78 is 3.54. The first-order chi connectivity index (χ1) is 8.15. The van der Waals surface area contributed by atoms with E-state index in [4.69, 9.17) is 0 Å². The summed E-state index contributed by atoms with van der Waals surface area (Å²) in [5.74, 6) is 0.246. The second kappa shape index (κ2) is 3.35. The van der Waals surface area contributed by atoms with Gasteiger partial charge in [-0.15, -0.1) is 0 Å². The van der Waals surface area contributed by atoms with Crippen molar-refractivity contribution in [2.75, 3.05) is 0 Å². The molecule has 2 aromatic heterocycles. The lowest BCUT2D eigenvalue weighted by Gasteiger charge is -1.94. The summed E-state index contributed by atoms with van der Waals surface area (Å²) in [6.45, 7) is 0. The normalized spacial score (nSPS) is 11.2. The average Bonchev–Trinajstić information content (AvgIpc) is 2.83. The van der Waals surface area contributed by atoms with E-state index in [0.717, 1.165) is 22.2 Å². The molecule has 5 heteroatoms. The highest BCUT2D eigenvalue weighted by atomic mass is 16.3. The van der Waals surface area contributed by atoms with Gasteiger partial charge in [-0.3, -0.25) is 9.36 Å². The van der Waals surface area contributed by atoms with Crippen LogP contribution in [0.25, 0.3) is 22.2 Å². The fraction of sp³-hybridized carbons (Fsp3) is 0.167.